The number of aromatic nitrogens is 3. The number of aliphatic hydroxyl groups is 1. The Bertz CT molecular complexity index is 997. The Balaban J connectivity index is 1.41. The SMILES string of the molecule is Cc1ccc(NC(=O)c2ccc(N3CCCC(C(O)c4nccn4C)C3)nc2)cc1. The Morgan fingerprint density at radius 3 is 2.67 bits per heavy atom. The number of carbonyl (C=O) groups excluding carboxylic acids is 1. The average Bonchev–Trinajstić information content (AvgIpc) is 3.21. The number of aryl methyl sites for hydroxylation is 2. The van der Waals surface area contributed by atoms with Crippen molar-refractivity contribution in [3.8, 4) is 0 Å². The number of benzene rings is 1. The number of aliphatic hydroxyl groups excluding tert-OH is 1. The summed E-state index contributed by atoms with van der Waals surface area (Å²) < 4.78 is 1.86. The zero-order valence-electron chi connectivity index (χ0n) is 17.3. The Hall–Kier alpha value is -3.19. The van der Waals surface area contributed by atoms with E-state index in [-0.39, 0.29) is 11.8 Å². The van der Waals surface area contributed by atoms with Crippen molar-refractivity contribution in [2.45, 2.75) is 25.9 Å². The number of imidazole rings is 1. The first kappa shape index (κ1) is 20.1. The number of piperidine rings is 1. The second-order valence-corrected chi connectivity index (χ2v) is 7.91. The molecule has 2 unspecified atom stereocenters. The van der Waals surface area contributed by atoms with Gasteiger partial charge in [0.1, 0.15) is 17.7 Å². The molecule has 3 aromatic rings. The molecule has 2 aromatic heterocycles. The molecule has 3 heterocycles. The molecule has 1 aliphatic rings. The van der Waals surface area contributed by atoms with Crippen LogP contribution < -0.4 is 10.2 Å². The van der Waals surface area contributed by atoms with Crippen LogP contribution in [0.25, 0.3) is 0 Å². The number of amides is 1. The molecule has 1 aromatic carbocycles. The lowest BCUT2D eigenvalue weighted by molar-refractivity contribution is 0.0874. The molecule has 2 N–H and O–H groups in total. The predicted molar refractivity (Wildman–Crippen MR) is 116 cm³/mol. The van der Waals surface area contributed by atoms with E-state index in [1.54, 1.807) is 18.5 Å². The summed E-state index contributed by atoms with van der Waals surface area (Å²) in [7, 11) is 1.90. The van der Waals surface area contributed by atoms with Gasteiger partial charge in [0.15, 0.2) is 0 Å². The van der Waals surface area contributed by atoms with Gasteiger partial charge in [0.2, 0.25) is 0 Å². The van der Waals surface area contributed by atoms with Crippen molar-refractivity contribution < 1.29 is 9.90 Å². The van der Waals surface area contributed by atoms with Crippen molar-refractivity contribution in [1.29, 1.82) is 0 Å². The number of nitrogens with zero attached hydrogens (tertiary/aromatic N) is 4. The lowest BCUT2D eigenvalue weighted by atomic mass is 9.92. The summed E-state index contributed by atoms with van der Waals surface area (Å²) in [5, 5.41) is 13.7. The number of hydrogen-bond acceptors (Lipinski definition) is 5. The van der Waals surface area contributed by atoms with E-state index >= 15 is 0 Å². The van der Waals surface area contributed by atoms with Gasteiger partial charge in [-0.1, -0.05) is 17.7 Å². The third kappa shape index (κ3) is 4.36. The van der Waals surface area contributed by atoms with Crippen LogP contribution in [-0.2, 0) is 7.05 Å². The Morgan fingerprint density at radius 1 is 1.20 bits per heavy atom. The van der Waals surface area contributed by atoms with E-state index in [4.69, 9.17) is 0 Å². The van der Waals surface area contributed by atoms with Crippen LogP contribution in [0.3, 0.4) is 0 Å². The van der Waals surface area contributed by atoms with E-state index in [1.165, 1.54) is 0 Å². The lowest BCUT2D eigenvalue weighted by Crippen LogP contribution is -2.38. The Morgan fingerprint density at radius 2 is 2.00 bits per heavy atom. The van der Waals surface area contributed by atoms with Gasteiger partial charge in [-0.2, -0.15) is 0 Å². The van der Waals surface area contributed by atoms with Crippen LogP contribution in [0.4, 0.5) is 11.5 Å². The van der Waals surface area contributed by atoms with E-state index in [9.17, 15) is 9.90 Å². The van der Waals surface area contributed by atoms with Crippen LogP contribution in [-0.4, -0.2) is 38.6 Å². The standard InChI is InChI=1S/C23H27N5O2/c1-16-5-8-19(9-6-16)26-23(30)17-7-10-20(25-14-17)28-12-3-4-18(15-28)21(29)22-24-11-13-27(22)2/h5-11,13-14,18,21,29H,3-4,12,15H2,1-2H3,(H,26,30). The van der Waals surface area contributed by atoms with E-state index < -0.39 is 6.10 Å². The van der Waals surface area contributed by atoms with Crippen molar-refractivity contribution in [1.82, 2.24) is 14.5 Å². The number of pyridine rings is 1. The fourth-order valence-corrected chi connectivity index (χ4v) is 3.90. The monoisotopic (exact) mass is 405 g/mol. The van der Waals surface area contributed by atoms with Gasteiger partial charge < -0.3 is 19.9 Å². The number of hydrogen-bond donors (Lipinski definition) is 2. The quantitative estimate of drug-likeness (QED) is 0.680. The van der Waals surface area contributed by atoms with Crippen LogP contribution >= 0.6 is 0 Å². The van der Waals surface area contributed by atoms with Crippen molar-refractivity contribution in [2.24, 2.45) is 13.0 Å². The summed E-state index contributed by atoms with van der Waals surface area (Å²) in [4.78, 5) is 23.5. The smallest absolute Gasteiger partial charge is 0.257 e. The topological polar surface area (TPSA) is 83.3 Å². The zero-order chi connectivity index (χ0) is 21.1. The van der Waals surface area contributed by atoms with E-state index in [1.807, 2.05) is 55.1 Å². The van der Waals surface area contributed by atoms with Crippen LogP contribution in [0, 0.1) is 12.8 Å². The molecule has 4 rings (SSSR count). The summed E-state index contributed by atoms with van der Waals surface area (Å²) in [5.74, 6) is 1.42. The Labute approximate surface area is 176 Å². The molecule has 1 saturated heterocycles. The van der Waals surface area contributed by atoms with Gasteiger partial charge in [0.25, 0.3) is 5.91 Å². The van der Waals surface area contributed by atoms with E-state index in [0.717, 1.165) is 36.5 Å². The van der Waals surface area contributed by atoms with Crippen LogP contribution in [0.1, 0.15) is 40.7 Å². The first-order chi connectivity index (χ1) is 14.5. The number of carbonyl (C=O) groups is 1. The van der Waals surface area contributed by atoms with Crippen molar-refractivity contribution in [2.75, 3.05) is 23.3 Å². The van der Waals surface area contributed by atoms with Gasteiger partial charge in [-0.3, -0.25) is 4.79 Å². The highest BCUT2D eigenvalue weighted by Crippen LogP contribution is 2.30. The minimum Gasteiger partial charge on any atom is -0.385 e. The minimum atomic E-state index is -0.604. The molecule has 0 spiro atoms. The zero-order valence-corrected chi connectivity index (χ0v) is 17.3. The number of anilines is 2. The molecule has 7 nitrogen and oxygen atoms in total. The summed E-state index contributed by atoms with van der Waals surface area (Å²) in [6.07, 6.45) is 6.48. The Kier molecular flexibility index (Phi) is 5.81. The molecule has 0 radical (unpaired) electrons. The van der Waals surface area contributed by atoms with E-state index in [0.29, 0.717) is 17.9 Å². The second-order valence-electron chi connectivity index (χ2n) is 7.91. The summed E-state index contributed by atoms with van der Waals surface area (Å²) in [6.45, 7) is 3.59. The molecular formula is C23H27N5O2. The van der Waals surface area contributed by atoms with Crippen LogP contribution in [0.15, 0.2) is 55.0 Å². The highest BCUT2D eigenvalue weighted by molar-refractivity contribution is 6.04. The maximum atomic E-state index is 12.5. The van der Waals surface area contributed by atoms with Gasteiger partial charge in [-0.25, -0.2) is 9.97 Å². The van der Waals surface area contributed by atoms with Crippen molar-refractivity contribution in [3.05, 3.63) is 71.9 Å². The van der Waals surface area contributed by atoms with Gasteiger partial charge >= 0.3 is 0 Å². The number of rotatable bonds is 5. The highest BCUT2D eigenvalue weighted by atomic mass is 16.3. The van der Waals surface area contributed by atoms with Crippen LogP contribution in [0.2, 0.25) is 0 Å². The molecule has 1 amide bonds. The molecule has 0 saturated carbocycles. The molecule has 1 fully saturated rings. The van der Waals surface area contributed by atoms with Gasteiger partial charge in [-0.15, -0.1) is 0 Å². The van der Waals surface area contributed by atoms with Gasteiger partial charge in [0.05, 0.1) is 5.56 Å². The first-order valence-corrected chi connectivity index (χ1v) is 10.3. The minimum absolute atomic E-state index is 0.0890. The van der Waals surface area contributed by atoms with Gasteiger partial charge in [0, 0.05) is 50.3 Å². The summed E-state index contributed by atoms with van der Waals surface area (Å²) in [5.41, 5.74) is 2.42. The van der Waals surface area contributed by atoms with Crippen molar-refractivity contribution in [3.63, 3.8) is 0 Å². The highest BCUT2D eigenvalue weighted by Gasteiger charge is 2.29. The van der Waals surface area contributed by atoms with Gasteiger partial charge in [-0.05, 0) is 44.0 Å². The largest absolute Gasteiger partial charge is 0.385 e. The molecule has 2 atom stereocenters. The molecule has 30 heavy (non-hydrogen) atoms. The summed E-state index contributed by atoms with van der Waals surface area (Å²) >= 11 is 0. The third-order valence-electron chi connectivity index (χ3n) is 5.67. The van der Waals surface area contributed by atoms with E-state index in [2.05, 4.69) is 20.2 Å². The average molecular weight is 406 g/mol. The molecule has 156 valence electrons. The van der Waals surface area contributed by atoms with Crippen molar-refractivity contribution >= 4 is 17.4 Å². The predicted octanol–water partition coefficient (Wildman–Crippen LogP) is 3.33. The molecular weight excluding hydrogens is 378 g/mol. The summed E-state index contributed by atoms with van der Waals surface area (Å²) in [6, 6.07) is 11.4. The molecule has 0 aliphatic carbocycles. The fourth-order valence-electron chi connectivity index (χ4n) is 3.90. The fraction of sp³-hybridized carbons (Fsp3) is 0.348. The first-order valence-electron chi connectivity index (χ1n) is 10.3. The maximum Gasteiger partial charge on any atom is 0.257 e. The lowest BCUT2D eigenvalue weighted by Gasteiger charge is -2.35. The molecule has 0 bridgehead atoms. The molecule has 7 heteroatoms. The maximum absolute atomic E-state index is 12.5. The van der Waals surface area contributed by atoms with Crippen LogP contribution in [0.5, 0.6) is 0 Å². The third-order valence-corrected chi connectivity index (χ3v) is 5.67. The number of nitrogens with one attached hydrogen (secondary N) is 1. The second kappa shape index (κ2) is 8.67. The normalized spacial score (nSPS) is 17.6. The molecule has 1 aliphatic heterocycles.